The predicted octanol–water partition coefficient (Wildman–Crippen LogP) is 4.37. The second-order valence-corrected chi connectivity index (χ2v) is 6.29. The first-order chi connectivity index (χ1) is 13.0. The molecule has 1 N–H and O–H groups in total. The van der Waals surface area contributed by atoms with E-state index in [1.54, 1.807) is 25.3 Å². The molecule has 0 aliphatic rings. The minimum absolute atomic E-state index is 0.166. The summed E-state index contributed by atoms with van der Waals surface area (Å²) in [6, 6.07) is 12.7. The van der Waals surface area contributed by atoms with Gasteiger partial charge in [0.25, 0.3) is 5.91 Å². The number of ether oxygens (including phenoxy) is 3. The summed E-state index contributed by atoms with van der Waals surface area (Å²) in [6.07, 6.45) is 0.927. The molecule has 27 heavy (non-hydrogen) atoms. The van der Waals surface area contributed by atoms with Crippen LogP contribution in [0.4, 0.5) is 0 Å². The van der Waals surface area contributed by atoms with Crippen LogP contribution in [0.5, 0.6) is 17.2 Å². The molecule has 144 valence electrons. The highest BCUT2D eigenvalue weighted by Gasteiger charge is 2.09. The summed E-state index contributed by atoms with van der Waals surface area (Å²) in [5, 5.41) is 2.91. The topological polar surface area (TPSA) is 56.8 Å². The highest BCUT2D eigenvalue weighted by molar-refractivity contribution is 5.94. The Hall–Kier alpha value is -2.95. The van der Waals surface area contributed by atoms with Gasteiger partial charge in [-0.05, 0) is 54.8 Å². The molecule has 2 rings (SSSR count). The average molecular weight is 369 g/mol. The van der Waals surface area contributed by atoms with Crippen molar-refractivity contribution < 1.29 is 19.0 Å². The van der Waals surface area contributed by atoms with Gasteiger partial charge in [0.1, 0.15) is 12.4 Å². The summed E-state index contributed by atoms with van der Waals surface area (Å²) in [5.74, 6) is 1.84. The van der Waals surface area contributed by atoms with E-state index in [0.717, 1.165) is 17.6 Å². The lowest BCUT2D eigenvalue weighted by Crippen LogP contribution is -2.22. The van der Waals surface area contributed by atoms with Crippen LogP contribution < -0.4 is 19.5 Å². The van der Waals surface area contributed by atoms with E-state index in [0.29, 0.717) is 42.6 Å². The van der Waals surface area contributed by atoms with Gasteiger partial charge in [0.2, 0.25) is 0 Å². The lowest BCUT2D eigenvalue weighted by Gasteiger charge is -2.12. The van der Waals surface area contributed by atoms with Gasteiger partial charge >= 0.3 is 0 Å². The molecule has 0 unspecified atom stereocenters. The molecule has 0 atom stereocenters. The van der Waals surface area contributed by atoms with E-state index >= 15 is 0 Å². The maximum Gasteiger partial charge on any atom is 0.251 e. The Morgan fingerprint density at radius 1 is 1.11 bits per heavy atom. The van der Waals surface area contributed by atoms with Crippen molar-refractivity contribution in [2.45, 2.75) is 26.8 Å². The Labute approximate surface area is 161 Å². The van der Waals surface area contributed by atoms with Gasteiger partial charge in [-0.15, -0.1) is 0 Å². The molecule has 0 heterocycles. The van der Waals surface area contributed by atoms with E-state index in [1.165, 1.54) is 0 Å². The molecule has 0 bridgehead atoms. The summed E-state index contributed by atoms with van der Waals surface area (Å²) in [7, 11) is 1.60. The molecule has 5 heteroatoms. The van der Waals surface area contributed by atoms with Crippen molar-refractivity contribution in [2.24, 2.45) is 0 Å². The van der Waals surface area contributed by atoms with E-state index in [4.69, 9.17) is 14.2 Å². The SMILES string of the molecule is C=C(C)COc1cccc(C(=O)NCc2ccc(OCCC)c(OC)c2)c1. The number of carbonyl (C=O) groups is 1. The number of hydrogen-bond donors (Lipinski definition) is 1. The number of benzene rings is 2. The number of hydrogen-bond acceptors (Lipinski definition) is 4. The van der Waals surface area contributed by atoms with Crippen LogP contribution in [-0.2, 0) is 6.54 Å². The molecule has 0 aromatic heterocycles. The van der Waals surface area contributed by atoms with Crippen molar-refractivity contribution in [3.05, 3.63) is 65.7 Å². The monoisotopic (exact) mass is 369 g/mol. The zero-order valence-electron chi connectivity index (χ0n) is 16.2. The summed E-state index contributed by atoms with van der Waals surface area (Å²) in [6.45, 7) is 9.20. The van der Waals surface area contributed by atoms with Gasteiger partial charge < -0.3 is 19.5 Å². The molecular formula is C22H27NO4. The van der Waals surface area contributed by atoms with Crippen molar-refractivity contribution in [1.29, 1.82) is 0 Å². The van der Waals surface area contributed by atoms with Gasteiger partial charge in [0, 0.05) is 12.1 Å². The molecule has 1 amide bonds. The Morgan fingerprint density at radius 3 is 2.63 bits per heavy atom. The van der Waals surface area contributed by atoms with Gasteiger partial charge in [-0.2, -0.15) is 0 Å². The maximum atomic E-state index is 12.4. The molecule has 2 aromatic carbocycles. The molecule has 0 saturated heterocycles. The van der Waals surface area contributed by atoms with Gasteiger partial charge in [0.05, 0.1) is 13.7 Å². The minimum Gasteiger partial charge on any atom is -0.493 e. The first kappa shape index (κ1) is 20.4. The van der Waals surface area contributed by atoms with Gasteiger partial charge in [0.15, 0.2) is 11.5 Å². The number of methoxy groups -OCH3 is 1. The molecule has 0 aliphatic carbocycles. The standard InChI is InChI=1S/C22H27NO4/c1-5-11-26-20-10-9-17(12-21(20)25-4)14-23-22(24)18-7-6-8-19(13-18)27-15-16(2)3/h6-10,12-13H,2,5,11,14-15H2,1,3-4H3,(H,23,24). The summed E-state index contributed by atoms with van der Waals surface area (Å²) in [5.41, 5.74) is 2.40. The van der Waals surface area contributed by atoms with Crippen molar-refractivity contribution in [1.82, 2.24) is 5.32 Å². The van der Waals surface area contributed by atoms with Gasteiger partial charge in [-0.3, -0.25) is 4.79 Å². The average Bonchev–Trinajstić information content (AvgIpc) is 2.69. The molecule has 0 fully saturated rings. The van der Waals surface area contributed by atoms with Crippen LogP contribution in [0, 0.1) is 0 Å². The van der Waals surface area contributed by atoms with Crippen molar-refractivity contribution in [2.75, 3.05) is 20.3 Å². The highest BCUT2D eigenvalue weighted by Crippen LogP contribution is 2.28. The first-order valence-electron chi connectivity index (χ1n) is 8.98. The predicted molar refractivity (Wildman–Crippen MR) is 107 cm³/mol. The summed E-state index contributed by atoms with van der Waals surface area (Å²) in [4.78, 5) is 12.4. The lowest BCUT2D eigenvalue weighted by atomic mass is 10.1. The summed E-state index contributed by atoms with van der Waals surface area (Å²) >= 11 is 0. The van der Waals surface area contributed by atoms with Crippen LogP contribution in [0.25, 0.3) is 0 Å². The van der Waals surface area contributed by atoms with Crippen LogP contribution in [0.1, 0.15) is 36.2 Å². The molecule has 0 aliphatic heterocycles. The third-order valence-corrected chi connectivity index (χ3v) is 3.72. The number of rotatable bonds is 10. The first-order valence-corrected chi connectivity index (χ1v) is 8.98. The Kier molecular flexibility index (Phi) is 7.74. The van der Waals surface area contributed by atoms with Gasteiger partial charge in [-0.1, -0.05) is 25.6 Å². The molecular weight excluding hydrogens is 342 g/mol. The second-order valence-electron chi connectivity index (χ2n) is 6.29. The third kappa shape index (κ3) is 6.37. The van der Waals surface area contributed by atoms with Crippen molar-refractivity contribution in [3.63, 3.8) is 0 Å². The van der Waals surface area contributed by atoms with E-state index < -0.39 is 0 Å². The molecule has 2 aromatic rings. The number of nitrogens with one attached hydrogen (secondary N) is 1. The van der Waals surface area contributed by atoms with E-state index in [-0.39, 0.29) is 5.91 Å². The fourth-order valence-electron chi connectivity index (χ4n) is 2.37. The minimum atomic E-state index is -0.166. The lowest BCUT2D eigenvalue weighted by molar-refractivity contribution is 0.0950. The van der Waals surface area contributed by atoms with Crippen LogP contribution >= 0.6 is 0 Å². The highest BCUT2D eigenvalue weighted by atomic mass is 16.5. The largest absolute Gasteiger partial charge is 0.493 e. The number of amides is 1. The zero-order chi connectivity index (χ0) is 19.6. The molecule has 0 spiro atoms. The fraction of sp³-hybridized carbons (Fsp3) is 0.318. The van der Waals surface area contributed by atoms with Crippen LogP contribution in [0.2, 0.25) is 0 Å². The Bertz CT molecular complexity index is 786. The van der Waals surface area contributed by atoms with Crippen molar-refractivity contribution in [3.8, 4) is 17.2 Å². The second kappa shape index (κ2) is 10.3. The van der Waals surface area contributed by atoms with Crippen LogP contribution in [0.15, 0.2) is 54.6 Å². The maximum absolute atomic E-state index is 12.4. The Balaban J connectivity index is 1.98. The van der Waals surface area contributed by atoms with Crippen molar-refractivity contribution >= 4 is 5.91 Å². The Morgan fingerprint density at radius 2 is 1.93 bits per heavy atom. The fourth-order valence-corrected chi connectivity index (χ4v) is 2.37. The van der Waals surface area contributed by atoms with Gasteiger partial charge in [-0.25, -0.2) is 0 Å². The zero-order valence-corrected chi connectivity index (χ0v) is 16.2. The number of carbonyl (C=O) groups excluding carboxylic acids is 1. The van der Waals surface area contributed by atoms with E-state index in [9.17, 15) is 4.79 Å². The molecule has 5 nitrogen and oxygen atoms in total. The third-order valence-electron chi connectivity index (χ3n) is 3.72. The quantitative estimate of drug-likeness (QED) is 0.632. The molecule has 0 radical (unpaired) electrons. The van der Waals surface area contributed by atoms with E-state index in [2.05, 4.69) is 18.8 Å². The van der Waals surface area contributed by atoms with Crippen LogP contribution in [-0.4, -0.2) is 26.2 Å². The van der Waals surface area contributed by atoms with Crippen LogP contribution in [0.3, 0.4) is 0 Å². The summed E-state index contributed by atoms with van der Waals surface area (Å²) < 4.78 is 16.6. The van der Waals surface area contributed by atoms with E-state index in [1.807, 2.05) is 31.2 Å². The normalized spacial score (nSPS) is 10.2. The molecule has 0 saturated carbocycles. The smallest absolute Gasteiger partial charge is 0.251 e.